The molecular formula is C12H12N6O2. The van der Waals surface area contributed by atoms with Crippen molar-refractivity contribution in [3.63, 3.8) is 0 Å². The predicted molar refractivity (Wildman–Crippen MR) is 70.7 cm³/mol. The van der Waals surface area contributed by atoms with Crippen molar-refractivity contribution in [1.29, 1.82) is 0 Å². The zero-order valence-corrected chi connectivity index (χ0v) is 10.4. The molecule has 0 bridgehead atoms. The maximum Gasteiger partial charge on any atom is 0.180 e. The SMILES string of the molecule is C1=CNOC=C1.c1cocn1.c1ncc2[nH]cnc2n1. The topological polar surface area (TPSA) is 102 Å². The number of H-pyrrole nitrogens is 1. The van der Waals surface area contributed by atoms with Gasteiger partial charge < -0.3 is 14.2 Å². The van der Waals surface area contributed by atoms with E-state index in [9.17, 15) is 0 Å². The van der Waals surface area contributed by atoms with E-state index >= 15 is 0 Å². The fourth-order valence-corrected chi connectivity index (χ4v) is 1.12. The minimum Gasteiger partial charge on any atom is -0.452 e. The summed E-state index contributed by atoms with van der Waals surface area (Å²) in [5, 5.41) is 0. The Morgan fingerprint density at radius 3 is 2.60 bits per heavy atom. The van der Waals surface area contributed by atoms with Gasteiger partial charge in [-0.25, -0.2) is 25.4 Å². The van der Waals surface area contributed by atoms with Gasteiger partial charge in [-0.1, -0.05) is 0 Å². The van der Waals surface area contributed by atoms with Crippen molar-refractivity contribution in [2.45, 2.75) is 0 Å². The molecule has 4 rings (SSSR count). The predicted octanol–water partition coefficient (Wildman–Crippen LogP) is 1.58. The van der Waals surface area contributed by atoms with Crippen LogP contribution < -0.4 is 5.48 Å². The molecule has 8 nitrogen and oxygen atoms in total. The summed E-state index contributed by atoms with van der Waals surface area (Å²) >= 11 is 0. The minimum absolute atomic E-state index is 0.713. The lowest BCUT2D eigenvalue weighted by atomic mass is 10.6. The molecule has 3 aromatic heterocycles. The van der Waals surface area contributed by atoms with Crippen LogP contribution in [-0.2, 0) is 4.84 Å². The Balaban J connectivity index is 0.000000117. The molecule has 4 heterocycles. The van der Waals surface area contributed by atoms with Crippen LogP contribution in [0.25, 0.3) is 11.2 Å². The molecule has 0 saturated carbocycles. The van der Waals surface area contributed by atoms with E-state index in [2.05, 4.69) is 39.7 Å². The number of imidazole rings is 1. The van der Waals surface area contributed by atoms with Gasteiger partial charge in [-0.2, -0.15) is 0 Å². The van der Waals surface area contributed by atoms with E-state index < -0.39 is 0 Å². The van der Waals surface area contributed by atoms with E-state index in [1.807, 2.05) is 6.08 Å². The second-order valence-electron chi connectivity index (χ2n) is 3.26. The Labute approximate surface area is 114 Å². The summed E-state index contributed by atoms with van der Waals surface area (Å²) in [7, 11) is 0. The Bertz CT molecular complexity index is 587. The number of aromatic nitrogens is 5. The standard InChI is InChI=1S/C5H4N4.C4H5NO.C3H3NO/c1-4-5(8-2-6-1)9-3-7-4;1-2-4-6-5-3-1;1-2-5-3-4-1/h1-3H,(H,6,7,8,9);1-5H;1-3H. The third-order valence-corrected chi connectivity index (χ3v) is 1.94. The van der Waals surface area contributed by atoms with Crippen molar-refractivity contribution in [2.75, 3.05) is 0 Å². The van der Waals surface area contributed by atoms with Crippen LogP contribution >= 0.6 is 0 Å². The lowest BCUT2D eigenvalue weighted by Crippen LogP contribution is -2.01. The fraction of sp³-hybridized carbons (Fsp3) is 0. The molecule has 2 N–H and O–H groups in total. The van der Waals surface area contributed by atoms with E-state index in [4.69, 9.17) is 0 Å². The van der Waals surface area contributed by atoms with Gasteiger partial charge in [-0.05, 0) is 12.2 Å². The van der Waals surface area contributed by atoms with E-state index in [1.54, 1.807) is 37.3 Å². The van der Waals surface area contributed by atoms with Crippen molar-refractivity contribution in [2.24, 2.45) is 0 Å². The highest BCUT2D eigenvalue weighted by molar-refractivity contribution is 5.67. The van der Waals surface area contributed by atoms with Crippen molar-refractivity contribution >= 4 is 11.2 Å². The van der Waals surface area contributed by atoms with Crippen LogP contribution in [0.5, 0.6) is 0 Å². The largest absolute Gasteiger partial charge is 0.452 e. The minimum atomic E-state index is 0.713. The molecule has 0 saturated heterocycles. The van der Waals surface area contributed by atoms with Gasteiger partial charge in [-0.15, -0.1) is 0 Å². The first-order chi connectivity index (χ1) is 9.97. The molecule has 0 fully saturated rings. The number of rotatable bonds is 0. The summed E-state index contributed by atoms with van der Waals surface area (Å²) in [6, 6.07) is 0. The van der Waals surface area contributed by atoms with Crippen LogP contribution in [0.3, 0.4) is 0 Å². The number of allylic oxidation sites excluding steroid dienone is 2. The van der Waals surface area contributed by atoms with E-state index in [0.29, 0.717) is 5.65 Å². The highest BCUT2D eigenvalue weighted by atomic mass is 16.6. The molecule has 0 spiro atoms. The van der Waals surface area contributed by atoms with Crippen LogP contribution in [0.15, 0.2) is 66.7 Å². The molecule has 0 aromatic carbocycles. The highest BCUT2D eigenvalue weighted by Crippen LogP contribution is 1.99. The van der Waals surface area contributed by atoms with Crippen LogP contribution in [-0.4, -0.2) is 24.9 Å². The fourth-order valence-electron chi connectivity index (χ4n) is 1.12. The highest BCUT2D eigenvalue weighted by Gasteiger charge is 1.91. The summed E-state index contributed by atoms with van der Waals surface area (Å²) in [5.41, 5.74) is 4.10. The summed E-state index contributed by atoms with van der Waals surface area (Å²) in [6.07, 6.45) is 16.2. The second-order valence-corrected chi connectivity index (χ2v) is 3.26. The number of hydroxylamine groups is 1. The molecule has 0 aliphatic carbocycles. The second kappa shape index (κ2) is 8.03. The molecule has 20 heavy (non-hydrogen) atoms. The van der Waals surface area contributed by atoms with E-state index in [-0.39, 0.29) is 0 Å². The maximum absolute atomic E-state index is 4.55. The Morgan fingerprint density at radius 2 is 2.10 bits per heavy atom. The van der Waals surface area contributed by atoms with Crippen molar-refractivity contribution in [1.82, 2.24) is 30.4 Å². The van der Waals surface area contributed by atoms with Gasteiger partial charge in [0.05, 0.1) is 18.7 Å². The number of oxazole rings is 1. The molecule has 0 unspecified atom stereocenters. The molecule has 0 radical (unpaired) electrons. The Kier molecular flexibility index (Phi) is 5.33. The number of fused-ring (bicyclic) bond motifs is 1. The maximum atomic E-state index is 4.55. The number of nitrogens with zero attached hydrogens (tertiary/aromatic N) is 4. The zero-order chi connectivity index (χ0) is 13.9. The Morgan fingerprint density at radius 1 is 1.10 bits per heavy atom. The van der Waals surface area contributed by atoms with Gasteiger partial charge in [0.2, 0.25) is 0 Å². The average Bonchev–Trinajstić information content (AvgIpc) is 3.24. The summed E-state index contributed by atoms with van der Waals surface area (Å²) in [4.78, 5) is 22.6. The molecule has 0 atom stereocenters. The number of hydrogen-bond acceptors (Lipinski definition) is 7. The van der Waals surface area contributed by atoms with Gasteiger partial charge in [0.15, 0.2) is 12.0 Å². The van der Waals surface area contributed by atoms with Crippen LogP contribution in [0.1, 0.15) is 0 Å². The summed E-state index contributed by atoms with van der Waals surface area (Å²) in [5.74, 6) is 0. The Hall–Kier alpha value is -3.16. The van der Waals surface area contributed by atoms with Crippen molar-refractivity contribution in [3.8, 4) is 0 Å². The zero-order valence-electron chi connectivity index (χ0n) is 10.4. The van der Waals surface area contributed by atoms with Gasteiger partial charge >= 0.3 is 0 Å². The number of nitrogens with one attached hydrogen (secondary N) is 2. The molecule has 102 valence electrons. The van der Waals surface area contributed by atoms with Gasteiger partial charge in [0, 0.05) is 6.20 Å². The van der Waals surface area contributed by atoms with Gasteiger partial charge in [-0.3, -0.25) is 0 Å². The molecule has 1 aliphatic rings. The lowest BCUT2D eigenvalue weighted by Gasteiger charge is -1.97. The molecule has 8 heteroatoms. The third kappa shape index (κ3) is 4.61. The molecule has 0 amide bonds. The van der Waals surface area contributed by atoms with Crippen LogP contribution in [0.2, 0.25) is 0 Å². The van der Waals surface area contributed by atoms with Gasteiger partial charge in [0.25, 0.3) is 0 Å². The average molecular weight is 272 g/mol. The normalized spacial score (nSPS) is 11.4. The van der Waals surface area contributed by atoms with Crippen LogP contribution in [0, 0.1) is 0 Å². The lowest BCUT2D eigenvalue weighted by molar-refractivity contribution is 0.172. The summed E-state index contributed by atoms with van der Waals surface area (Å²) in [6.45, 7) is 0. The molecular weight excluding hydrogens is 260 g/mol. The van der Waals surface area contributed by atoms with Crippen molar-refractivity contribution in [3.05, 3.63) is 62.3 Å². The first kappa shape index (κ1) is 13.3. The molecule has 3 aromatic rings. The number of hydrogen-bond donors (Lipinski definition) is 2. The van der Waals surface area contributed by atoms with Crippen molar-refractivity contribution < 1.29 is 9.25 Å². The first-order valence-electron chi connectivity index (χ1n) is 5.61. The van der Waals surface area contributed by atoms with Crippen LogP contribution in [0.4, 0.5) is 0 Å². The first-order valence-corrected chi connectivity index (χ1v) is 5.61. The monoisotopic (exact) mass is 272 g/mol. The van der Waals surface area contributed by atoms with E-state index in [1.165, 1.54) is 19.0 Å². The summed E-state index contributed by atoms with van der Waals surface area (Å²) < 4.78 is 4.47. The van der Waals surface area contributed by atoms with Gasteiger partial charge in [0.1, 0.15) is 24.4 Å². The number of aromatic amines is 1. The van der Waals surface area contributed by atoms with E-state index in [0.717, 1.165) is 5.52 Å². The smallest absolute Gasteiger partial charge is 0.180 e. The molecule has 1 aliphatic heterocycles. The third-order valence-electron chi connectivity index (χ3n) is 1.94. The quantitative estimate of drug-likeness (QED) is 0.640.